The highest BCUT2D eigenvalue weighted by atomic mass is 79.9. The minimum atomic E-state index is -0.189. The molecule has 1 aromatic carbocycles. The van der Waals surface area contributed by atoms with Gasteiger partial charge in [0.2, 0.25) is 11.8 Å². The van der Waals surface area contributed by atoms with Crippen LogP contribution in [0, 0.1) is 6.92 Å². The molecule has 1 aromatic rings. The fourth-order valence-electron chi connectivity index (χ4n) is 1.74. The normalized spacial score (nSPS) is 10.4. The van der Waals surface area contributed by atoms with Crippen molar-refractivity contribution < 1.29 is 9.59 Å². The molecule has 0 unspecified atom stereocenters. The molecular weight excluding hydrogens is 308 g/mol. The number of hydrogen-bond acceptors (Lipinski definition) is 2. The van der Waals surface area contributed by atoms with Crippen molar-refractivity contribution in [3.05, 3.63) is 28.2 Å². The molecule has 0 spiro atoms. The highest BCUT2D eigenvalue weighted by molar-refractivity contribution is 9.10. The summed E-state index contributed by atoms with van der Waals surface area (Å²) in [4.78, 5) is 24.9. The van der Waals surface area contributed by atoms with Crippen LogP contribution in [-0.2, 0) is 9.59 Å². The zero-order valence-electron chi connectivity index (χ0n) is 11.7. The molecule has 4 nitrogen and oxygen atoms in total. The van der Waals surface area contributed by atoms with Crippen LogP contribution in [0.3, 0.4) is 0 Å². The van der Waals surface area contributed by atoms with Crippen LogP contribution in [-0.4, -0.2) is 29.3 Å². The molecule has 0 aliphatic carbocycles. The van der Waals surface area contributed by atoms with Crippen molar-refractivity contribution in [2.45, 2.75) is 33.7 Å². The summed E-state index contributed by atoms with van der Waals surface area (Å²) in [6.07, 6.45) is 0. The van der Waals surface area contributed by atoms with Crippen LogP contribution in [0.1, 0.15) is 26.3 Å². The van der Waals surface area contributed by atoms with Gasteiger partial charge in [-0.15, -0.1) is 0 Å². The van der Waals surface area contributed by atoms with E-state index in [9.17, 15) is 9.59 Å². The number of amides is 2. The summed E-state index contributed by atoms with van der Waals surface area (Å²) in [5.74, 6) is -0.289. The molecule has 0 heterocycles. The molecule has 0 aliphatic heterocycles. The van der Waals surface area contributed by atoms with Gasteiger partial charge in [-0.3, -0.25) is 9.59 Å². The van der Waals surface area contributed by atoms with E-state index in [2.05, 4.69) is 21.2 Å². The van der Waals surface area contributed by atoms with Gasteiger partial charge in [-0.25, -0.2) is 0 Å². The number of benzene rings is 1. The molecule has 0 atom stereocenters. The number of halogens is 1. The van der Waals surface area contributed by atoms with E-state index in [1.54, 1.807) is 0 Å². The molecule has 0 bridgehead atoms. The van der Waals surface area contributed by atoms with Gasteiger partial charge in [0.15, 0.2) is 0 Å². The standard InChI is InChI=1S/C14H19BrN2O2/c1-9(2)17(11(4)18)8-14(19)16-12-5-6-13(15)10(3)7-12/h5-7,9H,8H2,1-4H3,(H,16,19). The quantitative estimate of drug-likeness (QED) is 0.924. The van der Waals surface area contributed by atoms with Gasteiger partial charge >= 0.3 is 0 Å². The SMILES string of the molecule is CC(=O)N(CC(=O)Nc1ccc(Br)c(C)c1)C(C)C. The number of anilines is 1. The average Bonchev–Trinajstić information content (AvgIpc) is 2.30. The average molecular weight is 327 g/mol. The molecule has 0 aliphatic rings. The van der Waals surface area contributed by atoms with Gasteiger partial charge in [-0.1, -0.05) is 15.9 Å². The van der Waals surface area contributed by atoms with Crippen molar-refractivity contribution >= 4 is 33.4 Å². The summed E-state index contributed by atoms with van der Waals surface area (Å²) >= 11 is 3.41. The zero-order chi connectivity index (χ0) is 14.6. The van der Waals surface area contributed by atoms with E-state index in [1.807, 2.05) is 39.0 Å². The van der Waals surface area contributed by atoms with E-state index in [1.165, 1.54) is 11.8 Å². The van der Waals surface area contributed by atoms with Crippen molar-refractivity contribution in [1.29, 1.82) is 0 Å². The number of nitrogens with one attached hydrogen (secondary N) is 1. The maximum atomic E-state index is 11.9. The first-order chi connectivity index (χ1) is 8.81. The highest BCUT2D eigenvalue weighted by Gasteiger charge is 2.16. The smallest absolute Gasteiger partial charge is 0.244 e. The van der Waals surface area contributed by atoms with Crippen molar-refractivity contribution in [3.63, 3.8) is 0 Å². The van der Waals surface area contributed by atoms with Crippen LogP contribution < -0.4 is 5.32 Å². The molecule has 104 valence electrons. The molecule has 1 rings (SSSR count). The number of carbonyl (C=O) groups is 2. The summed E-state index contributed by atoms with van der Waals surface area (Å²) in [6.45, 7) is 7.27. The molecule has 2 amide bonds. The maximum Gasteiger partial charge on any atom is 0.244 e. The Morgan fingerprint density at radius 3 is 2.47 bits per heavy atom. The largest absolute Gasteiger partial charge is 0.331 e. The fourth-order valence-corrected chi connectivity index (χ4v) is 1.98. The van der Waals surface area contributed by atoms with Crippen LogP contribution in [0.4, 0.5) is 5.69 Å². The number of nitrogens with zero attached hydrogens (tertiary/aromatic N) is 1. The first-order valence-corrected chi connectivity index (χ1v) is 6.93. The lowest BCUT2D eigenvalue weighted by Gasteiger charge is -2.24. The Balaban J connectivity index is 2.69. The fraction of sp³-hybridized carbons (Fsp3) is 0.429. The second-order valence-corrected chi connectivity index (χ2v) is 5.61. The number of hydrogen-bond donors (Lipinski definition) is 1. The summed E-state index contributed by atoms with van der Waals surface area (Å²) in [7, 11) is 0. The summed E-state index contributed by atoms with van der Waals surface area (Å²) in [5.41, 5.74) is 1.78. The summed E-state index contributed by atoms with van der Waals surface area (Å²) < 4.78 is 0.998. The van der Waals surface area contributed by atoms with E-state index < -0.39 is 0 Å². The topological polar surface area (TPSA) is 49.4 Å². The Morgan fingerprint density at radius 1 is 1.37 bits per heavy atom. The first kappa shape index (κ1) is 15.7. The summed E-state index contributed by atoms with van der Waals surface area (Å²) in [5, 5.41) is 2.80. The maximum absolute atomic E-state index is 11.9. The van der Waals surface area contributed by atoms with E-state index in [4.69, 9.17) is 0 Å². The third-order valence-corrected chi connectivity index (χ3v) is 3.67. The number of aryl methyl sites for hydroxylation is 1. The minimum Gasteiger partial charge on any atom is -0.331 e. The number of rotatable bonds is 4. The predicted octanol–water partition coefficient (Wildman–Crippen LogP) is 2.95. The van der Waals surface area contributed by atoms with Gasteiger partial charge in [0.1, 0.15) is 6.54 Å². The molecule has 0 aromatic heterocycles. The zero-order valence-corrected chi connectivity index (χ0v) is 13.2. The Labute approximate surface area is 122 Å². The van der Waals surface area contributed by atoms with Crippen LogP contribution in [0.2, 0.25) is 0 Å². The second-order valence-electron chi connectivity index (χ2n) is 4.75. The second kappa shape index (κ2) is 6.70. The van der Waals surface area contributed by atoms with Gasteiger partial charge < -0.3 is 10.2 Å². The molecule has 0 saturated carbocycles. The molecule has 0 saturated heterocycles. The highest BCUT2D eigenvalue weighted by Crippen LogP contribution is 2.19. The molecule has 1 N–H and O–H groups in total. The summed E-state index contributed by atoms with van der Waals surface area (Å²) in [6, 6.07) is 5.60. The van der Waals surface area contributed by atoms with E-state index >= 15 is 0 Å². The van der Waals surface area contributed by atoms with Gasteiger partial charge in [-0.2, -0.15) is 0 Å². The molecule has 0 radical (unpaired) electrons. The molecule has 19 heavy (non-hydrogen) atoms. The third kappa shape index (κ3) is 4.67. The van der Waals surface area contributed by atoms with Crippen LogP contribution in [0.5, 0.6) is 0 Å². The first-order valence-electron chi connectivity index (χ1n) is 6.14. The number of carbonyl (C=O) groups excluding carboxylic acids is 2. The van der Waals surface area contributed by atoms with Gasteiger partial charge in [0, 0.05) is 23.1 Å². The molecule has 5 heteroatoms. The van der Waals surface area contributed by atoms with E-state index in [0.717, 1.165) is 15.7 Å². The predicted molar refractivity (Wildman–Crippen MR) is 80.0 cm³/mol. The van der Waals surface area contributed by atoms with Crippen LogP contribution in [0.15, 0.2) is 22.7 Å². The van der Waals surface area contributed by atoms with E-state index in [0.29, 0.717) is 0 Å². The van der Waals surface area contributed by atoms with Gasteiger partial charge in [-0.05, 0) is 44.5 Å². The molecule has 0 fully saturated rings. The van der Waals surface area contributed by atoms with E-state index in [-0.39, 0.29) is 24.4 Å². The van der Waals surface area contributed by atoms with Crippen LogP contribution in [0.25, 0.3) is 0 Å². The van der Waals surface area contributed by atoms with Crippen molar-refractivity contribution in [3.8, 4) is 0 Å². The molecular formula is C14H19BrN2O2. The van der Waals surface area contributed by atoms with Crippen molar-refractivity contribution in [2.75, 3.05) is 11.9 Å². The monoisotopic (exact) mass is 326 g/mol. The van der Waals surface area contributed by atoms with Gasteiger partial charge in [0.05, 0.1) is 0 Å². The third-order valence-electron chi connectivity index (χ3n) is 2.78. The Kier molecular flexibility index (Phi) is 5.54. The Bertz CT molecular complexity index is 486. The Morgan fingerprint density at radius 2 is 2.00 bits per heavy atom. The Hall–Kier alpha value is -1.36. The minimum absolute atomic E-state index is 0.00917. The van der Waals surface area contributed by atoms with Crippen molar-refractivity contribution in [1.82, 2.24) is 4.90 Å². The van der Waals surface area contributed by atoms with Crippen molar-refractivity contribution in [2.24, 2.45) is 0 Å². The lowest BCUT2D eigenvalue weighted by atomic mass is 10.2. The van der Waals surface area contributed by atoms with Gasteiger partial charge in [0.25, 0.3) is 0 Å². The van der Waals surface area contributed by atoms with Crippen LogP contribution >= 0.6 is 15.9 Å². The lowest BCUT2D eigenvalue weighted by molar-refractivity contribution is -0.134. The lowest BCUT2D eigenvalue weighted by Crippen LogP contribution is -2.41.